The van der Waals surface area contributed by atoms with Gasteiger partial charge in [0.25, 0.3) is 0 Å². The highest BCUT2D eigenvalue weighted by atomic mass is 16.5. The standard InChI is InChI=1S/C15H19N3O4/c1-19-12-6-5-10(8-13(12)20-2)14-17-15(22-18-14)16-9-11-4-3-7-21-11/h5-6,8,11H,3-4,7,9H2,1-2H3,(H,16,17,18). The van der Waals surface area contributed by atoms with E-state index in [1.807, 2.05) is 18.2 Å². The third kappa shape index (κ3) is 3.14. The van der Waals surface area contributed by atoms with Gasteiger partial charge in [0, 0.05) is 18.7 Å². The highest BCUT2D eigenvalue weighted by Crippen LogP contribution is 2.31. The van der Waals surface area contributed by atoms with Gasteiger partial charge in [-0.05, 0) is 31.0 Å². The van der Waals surface area contributed by atoms with Crippen LogP contribution in [-0.2, 0) is 4.74 Å². The minimum atomic E-state index is 0.219. The smallest absolute Gasteiger partial charge is 0.321 e. The number of methoxy groups -OCH3 is 2. The highest BCUT2D eigenvalue weighted by Gasteiger charge is 2.17. The van der Waals surface area contributed by atoms with Gasteiger partial charge in [0.1, 0.15) is 0 Å². The van der Waals surface area contributed by atoms with Crippen LogP contribution in [0.5, 0.6) is 11.5 Å². The van der Waals surface area contributed by atoms with E-state index in [2.05, 4.69) is 15.5 Å². The zero-order chi connectivity index (χ0) is 15.4. The number of hydrogen-bond donors (Lipinski definition) is 1. The molecule has 1 aliphatic rings. The van der Waals surface area contributed by atoms with E-state index < -0.39 is 0 Å². The first kappa shape index (κ1) is 14.6. The molecule has 1 saturated heterocycles. The van der Waals surface area contributed by atoms with Crippen molar-refractivity contribution < 1.29 is 18.7 Å². The van der Waals surface area contributed by atoms with E-state index in [0.29, 0.717) is 29.9 Å². The second-order valence-corrected chi connectivity index (χ2v) is 5.01. The minimum absolute atomic E-state index is 0.219. The molecular weight excluding hydrogens is 286 g/mol. The first-order valence-electron chi connectivity index (χ1n) is 7.21. The largest absolute Gasteiger partial charge is 0.493 e. The fourth-order valence-electron chi connectivity index (χ4n) is 2.39. The molecule has 118 valence electrons. The Kier molecular flexibility index (Phi) is 4.43. The molecule has 1 unspecified atom stereocenters. The van der Waals surface area contributed by atoms with Crippen LogP contribution in [0.15, 0.2) is 22.7 Å². The van der Waals surface area contributed by atoms with Gasteiger partial charge in [-0.1, -0.05) is 5.16 Å². The molecule has 0 spiro atoms. The Morgan fingerprint density at radius 2 is 2.14 bits per heavy atom. The second-order valence-electron chi connectivity index (χ2n) is 5.01. The van der Waals surface area contributed by atoms with E-state index in [0.717, 1.165) is 25.0 Å². The lowest BCUT2D eigenvalue weighted by Gasteiger charge is -2.08. The van der Waals surface area contributed by atoms with Crippen molar-refractivity contribution in [1.82, 2.24) is 10.1 Å². The molecule has 0 bridgehead atoms. The maximum atomic E-state index is 5.54. The summed E-state index contributed by atoms with van der Waals surface area (Å²) in [4.78, 5) is 4.33. The molecule has 1 N–H and O–H groups in total. The summed E-state index contributed by atoms with van der Waals surface area (Å²) < 4.78 is 21.2. The Bertz CT molecular complexity index is 623. The third-order valence-electron chi connectivity index (χ3n) is 3.57. The first-order valence-corrected chi connectivity index (χ1v) is 7.21. The van der Waals surface area contributed by atoms with Crippen LogP contribution in [0.25, 0.3) is 11.4 Å². The Morgan fingerprint density at radius 3 is 2.86 bits per heavy atom. The van der Waals surface area contributed by atoms with Crippen LogP contribution in [0.1, 0.15) is 12.8 Å². The topological polar surface area (TPSA) is 78.6 Å². The Morgan fingerprint density at radius 1 is 1.27 bits per heavy atom. The van der Waals surface area contributed by atoms with Crippen LogP contribution in [0, 0.1) is 0 Å². The number of nitrogens with zero attached hydrogens (tertiary/aromatic N) is 2. The molecule has 1 fully saturated rings. The Balaban J connectivity index is 1.70. The second kappa shape index (κ2) is 6.65. The van der Waals surface area contributed by atoms with Crippen molar-refractivity contribution in [3.8, 4) is 22.9 Å². The van der Waals surface area contributed by atoms with Gasteiger partial charge >= 0.3 is 6.01 Å². The average Bonchev–Trinajstić information content (AvgIpc) is 3.23. The lowest BCUT2D eigenvalue weighted by atomic mass is 10.2. The predicted octanol–water partition coefficient (Wildman–Crippen LogP) is 2.34. The number of anilines is 1. The fourth-order valence-corrected chi connectivity index (χ4v) is 2.39. The molecule has 0 aliphatic carbocycles. The number of nitrogens with one attached hydrogen (secondary N) is 1. The van der Waals surface area contributed by atoms with Crippen LogP contribution in [0.4, 0.5) is 6.01 Å². The zero-order valence-corrected chi connectivity index (χ0v) is 12.7. The van der Waals surface area contributed by atoms with E-state index >= 15 is 0 Å². The molecule has 0 amide bonds. The lowest BCUT2D eigenvalue weighted by molar-refractivity contribution is 0.120. The van der Waals surface area contributed by atoms with E-state index in [4.69, 9.17) is 18.7 Å². The van der Waals surface area contributed by atoms with Gasteiger partial charge in [0.15, 0.2) is 11.5 Å². The van der Waals surface area contributed by atoms with Gasteiger partial charge in [-0.25, -0.2) is 0 Å². The Hall–Kier alpha value is -2.28. The summed E-state index contributed by atoms with van der Waals surface area (Å²) in [5, 5.41) is 7.08. The van der Waals surface area contributed by atoms with Crippen LogP contribution in [0.3, 0.4) is 0 Å². The molecule has 0 saturated carbocycles. The van der Waals surface area contributed by atoms with Crippen molar-refractivity contribution in [2.45, 2.75) is 18.9 Å². The van der Waals surface area contributed by atoms with Gasteiger partial charge in [-0.15, -0.1) is 0 Å². The third-order valence-corrected chi connectivity index (χ3v) is 3.57. The average molecular weight is 305 g/mol. The van der Waals surface area contributed by atoms with Crippen molar-refractivity contribution in [2.24, 2.45) is 0 Å². The summed E-state index contributed by atoms with van der Waals surface area (Å²) in [6.07, 6.45) is 2.38. The molecule has 1 atom stereocenters. The summed E-state index contributed by atoms with van der Waals surface area (Å²) in [5.74, 6) is 1.78. The number of ether oxygens (including phenoxy) is 3. The monoisotopic (exact) mass is 305 g/mol. The Labute approximate surface area is 128 Å². The maximum absolute atomic E-state index is 5.54. The van der Waals surface area contributed by atoms with Crippen molar-refractivity contribution in [3.05, 3.63) is 18.2 Å². The number of benzene rings is 1. The molecule has 7 heteroatoms. The van der Waals surface area contributed by atoms with Crippen molar-refractivity contribution >= 4 is 6.01 Å². The van der Waals surface area contributed by atoms with E-state index in [1.165, 1.54) is 0 Å². The minimum Gasteiger partial charge on any atom is -0.493 e. The van der Waals surface area contributed by atoms with Gasteiger partial charge in [-0.3, -0.25) is 0 Å². The number of aromatic nitrogens is 2. The normalized spacial score (nSPS) is 17.5. The molecule has 2 aromatic rings. The summed E-state index contributed by atoms with van der Waals surface area (Å²) >= 11 is 0. The number of hydrogen-bond acceptors (Lipinski definition) is 7. The first-order chi connectivity index (χ1) is 10.8. The van der Waals surface area contributed by atoms with Crippen LogP contribution >= 0.6 is 0 Å². The fraction of sp³-hybridized carbons (Fsp3) is 0.467. The molecule has 7 nitrogen and oxygen atoms in total. The maximum Gasteiger partial charge on any atom is 0.321 e. The molecular formula is C15H19N3O4. The highest BCUT2D eigenvalue weighted by molar-refractivity contribution is 5.61. The van der Waals surface area contributed by atoms with Crippen LogP contribution in [0.2, 0.25) is 0 Å². The van der Waals surface area contributed by atoms with Gasteiger partial charge < -0.3 is 24.1 Å². The van der Waals surface area contributed by atoms with E-state index in [-0.39, 0.29) is 6.10 Å². The molecule has 3 rings (SSSR count). The summed E-state index contributed by atoms with van der Waals surface area (Å²) in [7, 11) is 3.19. The van der Waals surface area contributed by atoms with Crippen molar-refractivity contribution in [2.75, 3.05) is 32.7 Å². The van der Waals surface area contributed by atoms with Crippen molar-refractivity contribution in [1.29, 1.82) is 0 Å². The predicted molar refractivity (Wildman–Crippen MR) is 80.3 cm³/mol. The molecule has 0 radical (unpaired) electrons. The van der Waals surface area contributed by atoms with Crippen molar-refractivity contribution in [3.63, 3.8) is 0 Å². The molecule has 1 aliphatic heterocycles. The quantitative estimate of drug-likeness (QED) is 0.877. The van der Waals surface area contributed by atoms with Gasteiger partial charge in [-0.2, -0.15) is 4.98 Å². The SMILES string of the molecule is COc1ccc(-c2noc(NCC3CCCO3)n2)cc1OC. The van der Waals surface area contributed by atoms with E-state index in [9.17, 15) is 0 Å². The zero-order valence-electron chi connectivity index (χ0n) is 12.7. The summed E-state index contributed by atoms with van der Waals surface area (Å²) in [6.45, 7) is 1.50. The van der Waals surface area contributed by atoms with Gasteiger partial charge in [0.2, 0.25) is 5.82 Å². The molecule has 2 heterocycles. The number of rotatable bonds is 6. The molecule has 1 aromatic heterocycles. The van der Waals surface area contributed by atoms with Gasteiger partial charge in [0.05, 0.1) is 20.3 Å². The van der Waals surface area contributed by atoms with Crippen LogP contribution in [-0.4, -0.2) is 43.6 Å². The van der Waals surface area contributed by atoms with E-state index in [1.54, 1.807) is 14.2 Å². The summed E-state index contributed by atoms with van der Waals surface area (Å²) in [5.41, 5.74) is 0.798. The lowest BCUT2D eigenvalue weighted by Crippen LogP contribution is -2.18. The molecule has 22 heavy (non-hydrogen) atoms. The van der Waals surface area contributed by atoms with Crippen LogP contribution < -0.4 is 14.8 Å². The summed E-state index contributed by atoms with van der Waals surface area (Å²) in [6, 6.07) is 5.87. The molecule has 1 aromatic carbocycles.